The summed E-state index contributed by atoms with van der Waals surface area (Å²) in [5, 5.41) is 0. The van der Waals surface area contributed by atoms with Crippen molar-refractivity contribution in [3.8, 4) is 0 Å². The fraction of sp³-hybridized carbons (Fsp3) is 1.00. The second-order valence-electron chi connectivity index (χ2n) is 5.77. The van der Waals surface area contributed by atoms with E-state index in [1.165, 1.54) is 59.2 Å². The molecule has 0 saturated heterocycles. The van der Waals surface area contributed by atoms with Crippen LogP contribution >= 0.6 is 0 Å². The van der Waals surface area contributed by atoms with Gasteiger partial charge in [0.2, 0.25) is 0 Å². The summed E-state index contributed by atoms with van der Waals surface area (Å²) in [6.07, 6.45) is 0. The summed E-state index contributed by atoms with van der Waals surface area (Å²) in [6, 6.07) is 0. The smallest absolute Gasteiger partial charge is 0.0312 e. The van der Waals surface area contributed by atoms with E-state index in [-0.39, 0.29) is 0 Å². The third-order valence-electron chi connectivity index (χ3n) is 6.10. The van der Waals surface area contributed by atoms with Gasteiger partial charge in [0, 0.05) is 0 Å². The zero-order valence-corrected chi connectivity index (χ0v) is 5.77. The predicted molar refractivity (Wildman–Crippen MR) is 34.9 cm³/mol. The molecule has 0 nitrogen and oxygen atoms in total. The van der Waals surface area contributed by atoms with Gasteiger partial charge < -0.3 is 0 Å². The molecule has 0 aromatic rings. The van der Waals surface area contributed by atoms with Gasteiger partial charge in [0.15, 0.2) is 0 Å². The molecular weight excluding hydrogens is 120 g/mol. The SMILES string of the molecule is C12C3C1C1C4C5C4C5C1C23. The van der Waals surface area contributed by atoms with Crippen LogP contribution in [0.25, 0.3) is 0 Å². The molecule has 50 valence electrons. The van der Waals surface area contributed by atoms with Crippen molar-refractivity contribution < 1.29 is 0 Å². The molecule has 0 amide bonds. The van der Waals surface area contributed by atoms with Gasteiger partial charge in [-0.15, -0.1) is 0 Å². The summed E-state index contributed by atoms with van der Waals surface area (Å²) >= 11 is 0. The molecule has 0 heteroatoms. The van der Waals surface area contributed by atoms with Crippen LogP contribution in [0.1, 0.15) is 0 Å². The zero-order chi connectivity index (χ0) is 5.77. The van der Waals surface area contributed by atoms with E-state index in [0.717, 1.165) is 0 Å². The van der Waals surface area contributed by atoms with Crippen molar-refractivity contribution in [1.29, 1.82) is 0 Å². The van der Waals surface area contributed by atoms with E-state index in [1.807, 2.05) is 0 Å². The number of rotatable bonds is 0. The van der Waals surface area contributed by atoms with E-state index in [0.29, 0.717) is 0 Å². The zero-order valence-electron chi connectivity index (χ0n) is 5.77. The van der Waals surface area contributed by atoms with Crippen LogP contribution in [-0.4, -0.2) is 0 Å². The van der Waals surface area contributed by atoms with Gasteiger partial charge in [-0.2, -0.15) is 0 Å². The van der Waals surface area contributed by atoms with Crippen molar-refractivity contribution in [3.05, 3.63) is 0 Å². The molecule has 8 rings (SSSR count). The Labute approximate surface area is 60.0 Å². The summed E-state index contributed by atoms with van der Waals surface area (Å²) in [6.45, 7) is 0. The maximum absolute atomic E-state index is 1.33. The minimum atomic E-state index is 1.33. The third-order valence-corrected chi connectivity index (χ3v) is 6.10. The Morgan fingerprint density at radius 1 is 0.200 bits per heavy atom. The Morgan fingerprint density at radius 3 is 0.400 bits per heavy atom. The summed E-state index contributed by atoms with van der Waals surface area (Å²) in [4.78, 5) is 0. The van der Waals surface area contributed by atoms with Crippen LogP contribution in [-0.2, 0) is 0 Å². The van der Waals surface area contributed by atoms with E-state index >= 15 is 0 Å². The van der Waals surface area contributed by atoms with Crippen LogP contribution in [0.3, 0.4) is 0 Å². The standard InChI is InChI=1S/C10H10/c1-2-5(1)9-7-3-4(7)8(3)10(9)6(1)2/h1-10H. The highest BCUT2D eigenvalue weighted by Crippen LogP contribution is 3.01. The number of hydrogen-bond donors (Lipinski definition) is 0. The first-order valence-electron chi connectivity index (χ1n) is 5.00. The summed E-state index contributed by atoms with van der Waals surface area (Å²) < 4.78 is 0. The van der Waals surface area contributed by atoms with Gasteiger partial charge >= 0.3 is 0 Å². The second kappa shape index (κ2) is 0.640. The summed E-state index contributed by atoms with van der Waals surface area (Å²) in [7, 11) is 0. The topological polar surface area (TPSA) is 0 Å². The first kappa shape index (κ1) is 3.60. The second-order valence-corrected chi connectivity index (χ2v) is 5.77. The highest BCUT2D eigenvalue weighted by atomic mass is 15.0. The molecule has 8 fully saturated rings. The highest BCUT2D eigenvalue weighted by Gasteiger charge is 2.97. The summed E-state index contributed by atoms with van der Waals surface area (Å²) in [5.41, 5.74) is 0. The van der Waals surface area contributed by atoms with E-state index < -0.39 is 0 Å². The largest absolute Gasteiger partial charge is 0.0312 e. The first-order valence-corrected chi connectivity index (χ1v) is 5.00. The van der Waals surface area contributed by atoms with E-state index in [2.05, 4.69) is 0 Å². The minimum absolute atomic E-state index is 1.33. The van der Waals surface area contributed by atoms with Gasteiger partial charge in [-0.3, -0.25) is 0 Å². The fourth-order valence-electron chi connectivity index (χ4n) is 5.87. The lowest BCUT2D eigenvalue weighted by molar-refractivity contribution is 0.434. The van der Waals surface area contributed by atoms with E-state index in [9.17, 15) is 0 Å². The van der Waals surface area contributed by atoms with E-state index in [4.69, 9.17) is 0 Å². The van der Waals surface area contributed by atoms with Crippen molar-refractivity contribution in [3.63, 3.8) is 0 Å². The average Bonchev–Trinajstić information content (AvgIpc) is 2.73. The maximum atomic E-state index is 1.33. The maximum Gasteiger partial charge on any atom is -0.0312 e. The van der Waals surface area contributed by atoms with Gasteiger partial charge in [-0.05, 0) is 59.2 Å². The van der Waals surface area contributed by atoms with Crippen LogP contribution < -0.4 is 0 Å². The van der Waals surface area contributed by atoms with Gasteiger partial charge in [0.25, 0.3) is 0 Å². The molecule has 0 spiro atoms. The first-order chi connectivity index (χ1) is 5.00. The molecule has 0 aromatic carbocycles. The van der Waals surface area contributed by atoms with E-state index in [1.54, 1.807) is 0 Å². The lowest BCUT2D eigenvalue weighted by Crippen LogP contribution is -2.00. The molecule has 8 saturated carbocycles. The minimum Gasteiger partial charge on any atom is -0.0312 e. The molecule has 0 aliphatic heterocycles. The van der Waals surface area contributed by atoms with Gasteiger partial charge in [0.1, 0.15) is 0 Å². The molecule has 10 heavy (non-hydrogen) atoms. The Balaban J connectivity index is 1.75. The van der Waals surface area contributed by atoms with Crippen molar-refractivity contribution in [2.24, 2.45) is 59.2 Å². The average molecular weight is 130 g/mol. The molecular formula is C10H10. The molecule has 0 unspecified atom stereocenters. The van der Waals surface area contributed by atoms with Gasteiger partial charge in [-0.1, -0.05) is 0 Å². The Kier molecular flexibility index (Phi) is 0.230. The van der Waals surface area contributed by atoms with Crippen molar-refractivity contribution >= 4 is 0 Å². The molecule has 8 aliphatic rings. The molecule has 0 heterocycles. The van der Waals surface area contributed by atoms with Crippen LogP contribution in [0.15, 0.2) is 0 Å². The third kappa shape index (κ3) is 0.145. The molecule has 0 aromatic heterocycles. The monoisotopic (exact) mass is 130 g/mol. The van der Waals surface area contributed by atoms with Crippen LogP contribution in [0, 0.1) is 59.2 Å². The normalized spacial score (nSPS) is 108. The lowest BCUT2D eigenvalue weighted by atomic mass is 10.0. The van der Waals surface area contributed by atoms with Crippen LogP contribution in [0.5, 0.6) is 0 Å². The Hall–Kier alpha value is 0. The predicted octanol–water partition coefficient (Wildman–Crippen LogP) is 1.23. The quantitative estimate of drug-likeness (QED) is 0.462. The highest BCUT2D eigenvalue weighted by molar-refractivity contribution is 5.44. The van der Waals surface area contributed by atoms with Crippen molar-refractivity contribution in [1.82, 2.24) is 0 Å². The van der Waals surface area contributed by atoms with Crippen LogP contribution in [0.4, 0.5) is 0 Å². The molecule has 0 atom stereocenters. The molecule has 8 aliphatic carbocycles. The Morgan fingerprint density at radius 2 is 0.300 bits per heavy atom. The Bertz CT molecular complexity index is 220. The van der Waals surface area contributed by atoms with Gasteiger partial charge in [0.05, 0.1) is 0 Å². The molecule has 4 bridgehead atoms. The van der Waals surface area contributed by atoms with Gasteiger partial charge in [-0.25, -0.2) is 0 Å². The lowest BCUT2D eigenvalue weighted by Gasteiger charge is -2.03. The summed E-state index contributed by atoms with van der Waals surface area (Å²) in [5.74, 6) is 13.3. The van der Waals surface area contributed by atoms with Crippen LogP contribution in [0.2, 0.25) is 0 Å². The van der Waals surface area contributed by atoms with Crippen molar-refractivity contribution in [2.75, 3.05) is 0 Å². The fourth-order valence-corrected chi connectivity index (χ4v) is 5.87. The van der Waals surface area contributed by atoms with Crippen molar-refractivity contribution in [2.45, 2.75) is 0 Å². The molecule has 0 N–H and O–H groups in total. The number of hydrogen-bond acceptors (Lipinski definition) is 0. The molecule has 0 radical (unpaired) electrons.